The van der Waals surface area contributed by atoms with Crippen molar-refractivity contribution in [1.29, 1.82) is 5.31 Å². The second kappa shape index (κ2) is 31.3. The summed E-state index contributed by atoms with van der Waals surface area (Å²) in [6.07, 6.45) is 20.1. The number of carbonyl (C=O) groups excluding carboxylic acids is 3. The van der Waals surface area contributed by atoms with Crippen LogP contribution in [-0.2, 0) is 43.8 Å². The summed E-state index contributed by atoms with van der Waals surface area (Å²) < 4.78 is 54.9. The monoisotopic (exact) mass is 1350 g/mol. The van der Waals surface area contributed by atoms with E-state index in [1.165, 1.54) is 56.7 Å². The number of methoxy groups -OCH3 is 9. The number of ether oxygens (including phenoxy) is 10. The molecule has 1 radical (unpaired) electrons. The standard InChI is InChI=1S/C25H29NO4.C22H30N2O5Si.C21H23NO4.C4H7Br.BHN/c1-28-21-9-17(10-22(29-2)24(21)30-3)18-8-19-20(26-14-18)11-23(27)25(19,12-15-4-5-15)13-16-6-7-16;1-26-18-10-15(11-19(27-2)21(18)28-3)17-9-16-12-20(25)24(22(16)23-13-17)14-29-7-8-30(4,5)6;1-24-19-8-13(9-20(25-2)21(19)26-3)14-7-15-16(6-12-4-5-12)18(23)10-17(15)22-11-14;5-3-4-1-2-4;1-2/h8-10,14-16H,4-7,11-13H2,1-3H3;9-11,13H,7-8,12,14H2,1-6H3;7-9,11-12,16H,4-6,10H2,1-3H3;4H,1-3H2;2H. The van der Waals surface area contributed by atoms with Gasteiger partial charge in [-0.1, -0.05) is 74.1 Å². The second-order valence-corrected chi connectivity index (χ2v) is 32.5. The first-order valence-electron chi connectivity index (χ1n) is 32.1. The molecule has 6 aliphatic carbocycles. The molecule has 6 aromatic rings. The van der Waals surface area contributed by atoms with Crippen molar-refractivity contribution in [3.05, 3.63) is 101 Å². The third kappa shape index (κ3) is 16.8. The molecule has 3 aromatic carbocycles. The van der Waals surface area contributed by atoms with Gasteiger partial charge in [0.25, 0.3) is 0 Å². The van der Waals surface area contributed by atoms with Gasteiger partial charge in [-0.05, 0) is 144 Å². The fourth-order valence-electron chi connectivity index (χ4n) is 12.5. The van der Waals surface area contributed by atoms with Gasteiger partial charge in [0.2, 0.25) is 23.2 Å². The van der Waals surface area contributed by atoms with Gasteiger partial charge in [-0.3, -0.25) is 29.3 Å². The summed E-state index contributed by atoms with van der Waals surface area (Å²) in [5.41, 5.74) is 10.3. The molecule has 93 heavy (non-hydrogen) atoms. The first-order chi connectivity index (χ1) is 44.9. The van der Waals surface area contributed by atoms with Crippen LogP contribution >= 0.6 is 15.9 Å². The summed E-state index contributed by atoms with van der Waals surface area (Å²) in [5.74, 6) is 9.78. The molecule has 1 atom stereocenters. The van der Waals surface area contributed by atoms with Crippen molar-refractivity contribution in [2.24, 2.45) is 23.7 Å². The molecule has 21 heteroatoms. The Hall–Kier alpha value is -7.36. The Kier molecular flexibility index (Phi) is 23.5. The zero-order valence-corrected chi connectivity index (χ0v) is 58.7. The number of benzene rings is 3. The number of amides is 1. The van der Waals surface area contributed by atoms with Gasteiger partial charge < -0.3 is 47.4 Å². The minimum atomic E-state index is -1.16. The molecule has 0 spiro atoms. The minimum absolute atomic E-state index is 0.00647. The van der Waals surface area contributed by atoms with E-state index < -0.39 is 8.07 Å². The molecule has 18 nitrogen and oxygen atoms in total. The van der Waals surface area contributed by atoms with Gasteiger partial charge >= 0.3 is 13.0 Å². The van der Waals surface area contributed by atoms with Crippen molar-refractivity contribution in [3.63, 3.8) is 0 Å². The molecule has 0 bridgehead atoms. The SMILES string of the molecule is BrCC1CC1.COc1cc(-c2cnc3c(c2)C(CC2CC2)(CC2CC2)C(=O)C3)cc(OC)c1OC.COc1cc(-c2cnc3c(c2)C(CC2CC2)C(=O)C3)cc(OC)c1OC.COc1cc(-c2cnc3c(c2)CC(=O)N3COCC[Si](C)(C)C)cc(OC)c1OC.[B]=N. The van der Waals surface area contributed by atoms with E-state index in [1.54, 1.807) is 75.1 Å². The fourth-order valence-corrected chi connectivity index (χ4v) is 13.9. The van der Waals surface area contributed by atoms with Gasteiger partial charge in [0.15, 0.2) is 34.5 Å². The van der Waals surface area contributed by atoms with Crippen LogP contribution < -0.4 is 47.5 Å². The number of fused-ring (bicyclic) bond motifs is 3. The summed E-state index contributed by atoms with van der Waals surface area (Å²) in [4.78, 5) is 53.8. The zero-order chi connectivity index (χ0) is 66.7. The molecule has 0 saturated heterocycles. The number of nitrogens with one attached hydrogen (secondary N) is 1. The number of alkyl halides is 1. The topological polar surface area (TPSA) is 209 Å². The van der Waals surface area contributed by atoms with Gasteiger partial charge in [0.1, 0.15) is 24.1 Å². The quantitative estimate of drug-likeness (QED) is 0.0339. The number of carbonyl (C=O) groups is 3. The Morgan fingerprint density at radius 1 is 0.527 bits per heavy atom. The molecule has 4 fully saturated rings. The van der Waals surface area contributed by atoms with Crippen LogP contribution in [0.5, 0.6) is 51.7 Å². The Labute approximate surface area is 558 Å². The number of pyridine rings is 3. The third-order valence-electron chi connectivity index (χ3n) is 18.4. The van der Waals surface area contributed by atoms with E-state index in [-0.39, 0.29) is 24.0 Å². The van der Waals surface area contributed by atoms with E-state index >= 15 is 0 Å². The van der Waals surface area contributed by atoms with Gasteiger partial charge in [-0.15, -0.1) is 0 Å². The van der Waals surface area contributed by atoms with E-state index in [4.69, 9.17) is 57.7 Å². The number of hydrogen-bond donors (Lipinski definition) is 1. The fraction of sp³-hybridized carbons (Fsp3) is 0.500. The van der Waals surface area contributed by atoms with Crippen molar-refractivity contribution in [2.75, 3.05) is 87.6 Å². The zero-order valence-electron chi connectivity index (χ0n) is 56.1. The van der Waals surface area contributed by atoms with Crippen LogP contribution in [0.25, 0.3) is 33.4 Å². The summed E-state index contributed by atoms with van der Waals surface area (Å²) in [5, 5.41) is 6.48. The van der Waals surface area contributed by atoms with Crippen LogP contribution in [0.2, 0.25) is 25.7 Å². The molecule has 1 aliphatic heterocycles. The Morgan fingerprint density at radius 2 is 0.957 bits per heavy atom. The van der Waals surface area contributed by atoms with Crippen molar-refractivity contribution in [2.45, 2.75) is 127 Å². The van der Waals surface area contributed by atoms with Crippen molar-refractivity contribution in [1.82, 2.24) is 15.0 Å². The number of ketones is 2. The number of Topliss-reactive ketones (excluding diaryl/α,β-unsaturated/α-hetero) is 2. The normalized spacial score (nSPS) is 17.1. The van der Waals surface area contributed by atoms with E-state index in [0.29, 0.717) is 113 Å². The van der Waals surface area contributed by atoms with E-state index in [2.05, 4.69) is 65.3 Å². The first-order valence-corrected chi connectivity index (χ1v) is 36.9. The van der Waals surface area contributed by atoms with Gasteiger partial charge in [0.05, 0.1) is 87.2 Å². The van der Waals surface area contributed by atoms with Crippen LogP contribution in [0.3, 0.4) is 0 Å². The van der Waals surface area contributed by atoms with Crippen LogP contribution in [0, 0.1) is 29.0 Å². The molecule has 4 heterocycles. The average Bonchev–Trinajstić information content (AvgIpc) is 1.60. The molecular weight excluding hydrogens is 1260 g/mol. The number of nitrogens with zero attached hydrogens (tertiary/aromatic N) is 4. The molecule has 1 unspecified atom stereocenters. The van der Waals surface area contributed by atoms with Crippen LogP contribution in [0.4, 0.5) is 5.82 Å². The molecule has 13 rings (SSSR count). The van der Waals surface area contributed by atoms with Crippen LogP contribution in [-0.4, -0.2) is 131 Å². The number of aromatic nitrogens is 3. The molecule has 1 N–H and O–H groups in total. The number of rotatable bonds is 24. The van der Waals surface area contributed by atoms with Crippen molar-refractivity contribution >= 4 is 54.9 Å². The maximum atomic E-state index is 13.3. The number of halogens is 1. The average molecular weight is 1350 g/mol. The van der Waals surface area contributed by atoms with Crippen LogP contribution in [0.1, 0.15) is 105 Å². The Morgan fingerprint density at radius 3 is 1.37 bits per heavy atom. The molecule has 3 aromatic heterocycles. The van der Waals surface area contributed by atoms with Crippen molar-refractivity contribution < 1.29 is 61.8 Å². The summed E-state index contributed by atoms with van der Waals surface area (Å²) in [7, 11) is 17.0. The van der Waals surface area contributed by atoms with Gasteiger partial charge in [-0.25, -0.2) is 4.98 Å². The first kappa shape index (κ1) is 70.0. The molecule has 495 valence electrons. The summed E-state index contributed by atoms with van der Waals surface area (Å²) >= 11 is 3.38. The van der Waals surface area contributed by atoms with Gasteiger partial charge in [0, 0.05) is 79.6 Å². The summed E-state index contributed by atoms with van der Waals surface area (Å²) in [6.45, 7) is 7.82. The second-order valence-electron chi connectivity index (χ2n) is 26.2. The molecule has 7 aliphatic rings. The molecular formula is C72H90BBrN5O13Si. The number of anilines is 1. The van der Waals surface area contributed by atoms with E-state index in [1.807, 2.05) is 54.9 Å². The van der Waals surface area contributed by atoms with E-state index in [9.17, 15) is 14.4 Å². The Balaban J connectivity index is 0.000000156. The third-order valence-corrected chi connectivity index (χ3v) is 21.0. The summed E-state index contributed by atoms with van der Waals surface area (Å²) in [6, 6.07) is 18.8. The predicted molar refractivity (Wildman–Crippen MR) is 367 cm³/mol. The van der Waals surface area contributed by atoms with Crippen LogP contribution in [0.15, 0.2) is 73.2 Å². The van der Waals surface area contributed by atoms with Gasteiger partial charge in [-0.2, -0.15) is 0 Å². The van der Waals surface area contributed by atoms with Crippen molar-refractivity contribution in [3.8, 4) is 85.1 Å². The predicted octanol–water partition coefficient (Wildman–Crippen LogP) is 14.2. The maximum absolute atomic E-state index is 13.3. The van der Waals surface area contributed by atoms with E-state index in [0.717, 1.165) is 92.7 Å². The molecule has 1 amide bonds. The Bertz CT molecular complexity index is 3560. The number of hydrogen-bond acceptors (Lipinski definition) is 17. The molecule has 4 saturated carbocycles.